The van der Waals surface area contributed by atoms with E-state index in [1.165, 1.54) is 0 Å². The van der Waals surface area contributed by atoms with Crippen molar-refractivity contribution in [1.29, 1.82) is 0 Å². The molecule has 1 fully saturated rings. The summed E-state index contributed by atoms with van der Waals surface area (Å²) in [4.78, 5) is 12.8. The van der Waals surface area contributed by atoms with Gasteiger partial charge in [0.25, 0.3) is 0 Å². The van der Waals surface area contributed by atoms with Crippen LogP contribution in [-0.4, -0.2) is 37.0 Å². The van der Waals surface area contributed by atoms with Crippen LogP contribution in [0.2, 0.25) is 0 Å². The van der Waals surface area contributed by atoms with E-state index in [1.54, 1.807) is 6.07 Å². The zero-order valence-corrected chi connectivity index (χ0v) is 9.52. The average Bonchev–Trinajstić information content (AvgIpc) is 2.77. The highest BCUT2D eigenvalue weighted by Gasteiger charge is 2.22. The van der Waals surface area contributed by atoms with Crippen LogP contribution in [0.25, 0.3) is 0 Å². The summed E-state index contributed by atoms with van der Waals surface area (Å²) >= 11 is 0. The van der Waals surface area contributed by atoms with Crippen LogP contribution in [0.5, 0.6) is 0 Å². The second kappa shape index (κ2) is 5.27. The van der Waals surface area contributed by atoms with Crippen molar-refractivity contribution < 1.29 is 13.9 Å². The first-order valence-electron chi connectivity index (χ1n) is 5.69. The van der Waals surface area contributed by atoms with E-state index in [9.17, 15) is 4.79 Å². The van der Waals surface area contributed by atoms with Gasteiger partial charge in [-0.3, -0.25) is 9.69 Å². The fourth-order valence-electron chi connectivity index (χ4n) is 2.02. The molecule has 0 spiro atoms. The van der Waals surface area contributed by atoms with Crippen LogP contribution < -0.4 is 0 Å². The molecule has 16 heavy (non-hydrogen) atoms. The van der Waals surface area contributed by atoms with E-state index in [0.29, 0.717) is 11.8 Å². The summed E-state index contributed by atoms with van der Waals surface area (Å²) in [5.41, 5.74) is 0. The quantitative estimate of drug-likeness (QED) is 0.729. The maximum Gasteiger partial charge on any atom is 0.185 e. The average molecular weight is 223 g/mol. The highest BCUT2D eigenvalue weighted by Crippen LogP contribution is 2.15. The maximum absolute atomic E-state index is 10.5. The monoisotopic (exact) mass is 223 g/mol. The predicted octanol–water partition coefficient (Wildman–Crippen LogP) is 1.70. The number of morpholine rings is 1. The molecule has 2 rings (SSSR count). The number of rotatable bonds is 4. The molecule has 0 N–H and O–H groups in total. The minimum absolute atomic E-state index is 0.399. The number of aldehydes is 1. The SMILES string of the molecule is CCC1COCCN1Cc1ccc(C=O)o1. The van der Waals surface area contributed by atoms with E-state index < -0.39 is 0 Å². The predicted molar refractivity (Wildman–Crippen MR) is 59.4 cm³/mol. The van der Waals surface area contributed by atoms with Gasteiger partial charge in [0.05, 0.1) is 19.8 Å². The van der Waals surface area contributed by atoms with Gasteiger partial charge in [0.1, 0.15) is 5.76 Å². The van der Waals surface area contributed by atoms with E-state index in [0.717, 1.165) is 44.8 Å². The summed E-state index contributed by atoms with van der Waals surface area (Å²) in [6.07, 6.45) is 1.81. The van der Waals surface area contributed by atoms with Gasteiger partial charge in [-0.25, -0.2) is 0 Å². The fourth-order valence-corrected chi connectivity index (χ4v) is 2.02. The van der Waals surface area contributed by atoms with Gasteiger partial charge in [0.15, 0.2) is 12.0 Å². The summed E-state index contributed by atoms with van der Waals surface area (Å²) in [5, 5.41) is 0. The Bertz CT molecular complexity index is 348. The highest BCUT2D eigenvalue weighted by atomic mass is 16.5. The molecule has 88 valence electrons. The topological polar surface area (TPSA) is 42.7 Å². The summed E-state index contributed by atoms with van der Waals surface area (Å²) in [6, 6.07) is 4.04. The summed E-state index contributed by atoms with van der Waals surface area (Å²) in [5.74, 6) is 1.25. The van der Waals surface area contributed by atoms with Gasteiger partial charge in [-0.05, 0) is 18.6 Å². The Morgan fingerprint density at radius 1 is 1.56 bits per heavy atom. The third kappa shape index (κ3) is 2.51. The molecular formula is C12H17NO3. The van der Waals surface area contributed by atoms with Gasteiger partial charge in [-0.15, -0.1) is 0 Å². The molecule has 4 heteroatoms. The van der Waals surface area contributed by atoms with Crippen molar-refractivity contribution in [3.05, 3.63) is 23.7 Å². The molecule has 4 nitrogen and oxygen atoms in total. The fraction of sp³-hybridized carbons (Fsp3) is 0.583. The molecule has 0 aliphatic carbocycles. The summed E-state index contributed by atoms with van der Waals surface area (Å²) in [6.45, 7) is 5.41. The van der Waals surface area contributed by atoms with Crippen LogP contribution in [0.4, 0.5) is 0 Å². The van der Waals surface area contributed by atoms with Crippen molar-refractivity contribution in [1.82, 2.24) is 4.90 Å². The lowest BCUT2D eigenvalue weighted by Crippen LogP contribution is -2.44. The van der Waals surface area contributed by atoms with Crippen molar-refractivity contribution in [3.63, 3.8) is 0 Å². The molecule has 0 amide bonds. The van der Waals surface area contributed by atoms with Crippen LogP contribution in [0.3, 0.4) is 0 Å². The normalized spacial score (nSPS) is 22.2. The number of carbonyl (C=O) groups is 1. The third-order valence-corrected chi connectivity index (χ3v) is 2.98. The summed E-state index contributed by atoms with van der Waals surface area (Å²) in [7, 11) is 0. The molecule has 0 radical (unpaired) electrons. The Hall–Kier alpha value is -1.13. The highest BCUT2D eigenvalue weighted by molar-refractivity contribution is 5.70. The molecule has 1 aliphatic heterocycles. The Balaban J connectivity index is 1.98. The van der Waals surface area contributed by atoms with Crippen LogP contribution in [0, 0.1) is 0 Å². The lowest BCUT2D eigenvalue weighted by atomic mass is 10.1. The minimum Gasteiger partial charge on any atom is -0.457 e. The van der Waals surface area contributed by atoms with E-state index in [1.807, 2.05) is 6.07 Å². The van der Waals surface area contributed by atoms with Gasteiger partial charge in [0, 0.05) is 12.6 Å². The first-order valence-corrected chi connectivity index (χ1v) is 5.69. The molecule has 1 saturated heterocycles. The Morgan fingerprint density at radius 2 is 2.44 bits per heavy atom. The van der Waals surface area contributed by atoms with Gasteiger partial charge in [-0.1, -0.05) is 6.92 Å². The first kappa shape index (κ1) is 11.4. The van der Waals surface area contributed by atoms with Crippen molar-refractivity contribution in [2.24, 2.45) is 0 Å². The Labute approximate surface area is 95.2 Å². The molecule has 1 aliphatic rings. The van der Waals surface area contributed by atoms with Crippen LogP contribution in [-0.2, 0) is 11.3 Å². The molecule has 1 aromatic rings. The standard InChI is InChI=1S/C12H17NO3/c1-2-10-9-15-6-5-13(10)7-11-3-4-12(8-14)16-11/h3-4,8,10H,2,5-7,9H2,1H3. The lowest BCUT2D eigenvalue weighted by molar-refractivity contribution is -0.0154. The second-order valence-electron chi connectivity index (χ2n) is 4.03. The molecule has 2 heterocycles. The Morgan fingerprint density at radius 3 is 3.12 bits per heavy atom. The maximum atomic E-state index is 10.5. The molecule has 0 bridgehead atoms. The number of hydrogen-bond donors (Lipinski definition) is 0. The van der Waals surface area contributed by atoms with Crippen LogP contribution in [0.1, 0.15) is 29.7 Å². The summed E-state index contributed by atoms with van der Waals surface area (Å²) < 4.78 is 10.8. The minimum atomic E-state index is 0.399. The zero-order chi connectivity index (χ0) is 11.4. The van der Waals surface area contributed by atoms with Crippen LogP contribution in [0.15, 0.2) is 16.5 Å². The number of furan rings is 1. The molecular weight excluding hydrogens is 206 g/mol. The van der Waals surface area contributed by atoms with Gasteiger partial charge in [0.2, 0.25) is 0 Å². The lowest BCUT2D eigenvalue weighted by Gasteiger charge is -2.34. The smallest absolute Gasteiger partial charge is 0.185 e. The third-order valence-electron chi connectivity index (χ3n) is 2.98. The molecule has 1 aromatic heterocycles. The van der Waals surface area contributed by atoms with Crippen molar-refractivity contribution in [2.75, 3.05) is 19.8 Å². The van der Waals surface area contributed by atoms with E-state index >= 15 is 0 Å². The molecule has 0 saturated carbocycles. The molecule has 1 unspecified atom stereocenters. The van der Waals surface area contributed by atoms with Crippen LogP contribution >= 0.6 is 0 Å². The van der Waals surface area contributed by atoms with Crippen molar-refractivity contribution in [2.45, 2.75) is 25.9 Å². The molecule has 0 aromatic carbocycles. The largest absolute Gasteiger partial charge is 0.457 e. The van der Waals surface area contributed by atoms with Crippen molar-refractivity contribution in [3.8, 4) is 0 Å². The van der Waals surface area contributed by atoms with E-state index in [-0.39, 0.29) is 0 Å². The number of nitrogens with zero attached hydrogens (tertiary/aromatic N) is 1. The van der Waals surface area contributed by atoms with Gasteiger partial charge >= 0.3 is 0 Å². The number of carbonyl (C=O) groups excluding carboxylic acids is 1. The Kier molecular flexibility index (Phi) is 3.74. The molecule has 1 atom stereocenters. The van der Waals surface area contributed by atoms with E-state index in [2.05, 4.69) is 11.8 Å². The zero-order valence-electron chi connectivity index (χ0n) is 9.52. The number of hydrogen-bond acceptors (Lipinski definition) is 4. The van der Waals surface area contributed by atoms with Gasteiger partial charge in [-0.2, -0.15) is 0 Å². The van der Waals surface area contributed by atoms with E-state index in [4.69, 9.17) is 9.15 Å². The first-order chi connectivity index (χ1) is 7.83. The van der Waals surface area contributed by atoms with Gasteiger partial charge < -0.3 is 9.15 Å². The van der Waals surface area contributed by atoms with Crippen molar-refractivity contribution >= 4 is 6.29 Å². The second-order valence-corrected chi connectivity index (χ2v) is 4.03. The number of ether oxygens (including phenoxy) is 1.